The topological polar surface area (TPSA) is 58.1 Å². The molecule has 0 bridgehead atoms. The summed E-state index contributed by atoms with van der Waals surface area (Å²) in [6.45, 7) is 5.35. The van der Waals surface area contributed by atoms with Gasteiger partial charge in [0.1, 0.15) is 5.82 Å². The molecule has 142 valence electrons. The standard InChI is InChI=1S/C22H28N4O/c1-3-17-11-7-8-12-26(17)22-24-18-13-15(2)14-19(27)20(18)21(25-22)23-16-9-5-4-6-10-16/h4-6,9-10,15,17H,3,7-8,11-14H2,1-2H3,(H,23,24,25). The number of anilines is 3. The minimum absolute atomic E-state index is 0.152. The number of nitrogens with one attached hydrogen (secondary N) is 1. The Labute approximate surface area is 161 Å². The van der Waals surface area contributed by atoms with E-state index in [0.29, 0.717) is 29.8 Å². The van der Waals surface area contributed by atoms with Crippen molar-refractivity contribution in [1.82, 2.24) is 9.97 Å². The number of fused-ring (bicyclic) bond motifs is 1. The lowest BCUT2D eigenvalue weighted by Crippen LogP contribution is -2.40. The SMILES string of the molecule is CCC1CCCCN1c1nc2c(c(Nc3ccccc3)n1)C(=O)CC(C)C2. The molecule has 0 saturated carbocycles. The number of carbonyl (C=O) groups is 1. The van der Waals surface area contributed by atoms with E-state index in [4.69, 9.17) is 9.97 Å². The fourth-order valence-corrected chi connectivity index (χ4v) is 4.32. The van der Waals surface area contributed by atoms with E-state index in [1.165, 1.54) is 19.3 Å². The quantitative estimate of drug-likeness (QED) is 0.848. The molecule has 2 unspecified atom stereocenters. The van der Waals surface area contributed by atoms with Crippen LogP contribution in [0.15, 0.2) is 30.3 Å². The Hall–Kier alpha value is -2.43. The second kappa shape index (κ2) is 7.67. The number of ketones is 1. The lowest BCUT2D eigenvalue weighted by atomic mass is 9.87. The lowest BCUT2D eigenvalue weighted by molar-refractivity contribution is 0.0952. The summed E-state index contributed by atoms with van der Waals surface area (Å²) in [5, 5.41) is 3.39. The number of para-hydroxylation sites is 1. The van der Waals surface area contributed by atoms with E-state index in [-0.39, 0.29) is 5.78 Å². The molecule has 1 fully saturated rings. The zero-order chi connectivity index (χ0) is 18.8. The van der Waals surface area contributed by atoms with Gasteiger partial charge >= 0.3 is 0 Å². The van der Waals surface area contributed by atoms with Crippen molar-refractivity contribution in [2.45, 2.75) is 58.4 Å². The number of Topliss-reactive ketones (excluding diaryl/α,β-unsaturated/α-hetero) is 1. The molecule has 1 aliphatic heterocycles. The first-order valence-electron chi connectivity index (χ1n) is 10.2. The van der Waals surface area contributed by atoms with Crippen LogP contribution >= 0.6 is 0 Å². The summed E-state index contributed by atoms with van der Waals surface area (Å²) >= 11 is 0. The molecule has 1 N–H and O–H groups in total. The molecule has 27 heavy (non-hydrogen) atoms. The van der Waals surface area contributed by atoms with Crippen LogP contribution in [0.4, 0.5) is 17.5 Å². The number of carbonyl (C=O) groups excluding carboxylic acids is 1. The first-order chi connectivity index (χ1) is 13.2. The first kappa shape index (κ1) is 18.0. The highest BCUT2D eigenvalue weighted by Gasteiger charge is 2.31. The maximum absolute atomic E-state index is 12.8. The van der Waals surface area contributed by atoms with Crippen molar-refractivity contribution in [3.05, 3.63) is 41.6 Å². The Morgan fingerprint density at radius 2 is 1.96 bits per heavy atom. The molecule has 5 nitrogen and oxygen atoms in total. The highest BCUT2D eigenvalue weighted by Crippen LogP contribution is 2.33. The van der Waals surface area contributed by atoms with E-state index in [0.717, 1.165) is 36.7 Å². The molecule has 2 heterocycles. The van der Waals surface area contributed by atoms with E-state index in [2.05, 4.69) is 24.1 Å². The predicted octanol–water partition coefficient (Wildman–Crippen LogP) is 4.75. The number of hydrogen-bond acceptors (Lipinski definition) is 5. The summed E-state index contributed by atoms with van der Waals surface area (Å²) in [5.74, 6) is 1.93. The van der Waals surface area contributed by atoms with Crippen LogP contribution < -0.4 is 10.2 Å². The number of piperidine rings is 1. The van der Waals surface area contributed by atoms with Crippen LogP contribution in [0.2, 0.25) is 0 Å². The number of aromatic nitrogens is 2. The molecule has 4 rings (SSSR count). The van der Waals surface area contributed by atoms with Crippen LogP contribution in [-0.4, -0.2) is 28.3 Å². The molecule has 1 saturated heterocycles. The Kier molecular flexibility index (Phi) is 5.10. The fourth-order valence-electron chi connectivity index (χ4n) is 4.32. The summed E-state index contributed by atoms with van der Waals surface area (Å²) in [4.78, 5) is 24.9. The maximum atomic E-state index is 12.8. The van der Waals surface area contributed by atoms with Crippen molar-refractivity contribution in [1.29, 1.82) is 0 Å². The first-order valence-corrected chi connectivity index (χ1v) is 10.2. The smallest absolute Gasteiger partial charge is 0.227 e. The van der Waals surface area contributed by atoms with E-state index in [1.54, 1.807) is 0 Å². The minimum Gasteiger partial charge on any atom is -0.339 e. The van der Waals surface area contributed by atoms with E-state index in [1.807, 2.05) is 30.3 Å². The molecule has 2 aromatic rings. The van der Waals surface area contributed by atoms with Crippen LogP contribution in [0.25, 0.3) is 0 Å². The molecule has 2 aliphatic rings. The van der Waals surface area contributed by atoms with E-state index >= 15 is 0 Å². The van der Waals surface area contributed by atoms with Crippen molar-refractivity contribution in [3.63, 3.8) is 0 Å². The van der Waals surface area contributed by atoms with Crippen LogP contribution in [0, 0.1) is 5.92 Å². The number of rotatable bonds is 4. The average Bonchev–Trinajstić information content (AvgIpc) is 2.68. The minimum atomic E-state index is 0.152. The molecule has 2 atom stereocenters. The third-order valence-corrected chi connectivity index (χ3v) is 5.72. The van der Waals surface area contributed by atoms with Gasteiger partial charge in [-0.25, -0.2) is 4.98 Å². The summed E-state index contributed by atoms with van der Waals surface area (Å²) in [6.07, 6.45) is 6.13. The van der Waals surface area contributed by atoms with Gasteiger partial charge in [-0.15, -0.1) is 0 Å². The molecule has 0 amide bonds. The molecule has 1 aromatic carbocycles. The van der Waals surface area contributed by atoms with Crippen molar-refractivity contribution >= 4 is 23.2 Å². The molecular weight excluding hydrogens is 336 g/mol. The van der Waals surface area contributed by atoms with Gasteiger partial charge in [0.2, 0.25) is 5.95 Å². The van der Waals surface area contributed by atoms with Gasteiger partial charge in [0, 0.05) is 24.7 Å². The molecule has 1 aliphatic carbocycles. The van der Waals surface area contributed by atoms with Gasteiger partial charge in [-0.2, -0.15) is 4.98 Å². The fraction of sp³-hybridized carbons (Fsp3) is 0.500. The molecular formula is C22H28N4O. The Bertz CT molecular complexity index is 821. The highest BCUT2D eigenvalue weighted by atomic mass is 16.1. The number of nitrogens with zero attached hydrogens (tertiary/aromatic N) is 3. The zero-order valence-corrected chi connectivity index (χ0v) is 16.2. The van der Waals surface area contributed by atoms with Crippen LogP contribution in [0.5, 0.6) is 0 Å². The summed E-state index contributed by atoms with van der Waals surface area (Å²) in [7, 11) is 0. The van der Waals surface area contributed by atoms with Crippen LogP contribution in [0.3, 0.4) is 0 Å². The van der Waals surface area contributed by atoms with Crippen molar-refractivity contribution in [3.8, 4) is 0 Å². The van der Waals surface area contributed by atoms with Gasteiger partial charge in [-0.1, -0.05) is 32.0 Å². The van der Waals surface area contributed by atoms with Crippen molar-refractivity contribution in [2.75, 3.05) is 16.8 Å². The summed E-state index contributed by atoms with van der Waals surface area (Å²) in [6, 6.07) is 10.4. The van der Waals surface area contributed by atoms with Gasteiger partial charge in [0.05, 0.1) is 11.3 Å². The van der Waals surface area contributed by atoms with Gasteiger partial charge in [-0.05, 0) is 50.2 Å². The summed E-state index contributed by atoms with van der Waals surface area (Å²) in [5.41, 5.74) is 2.54. The van der Waals surface area contributed by atoms with Gasteiger partial charge in [-0.3, -0.25) is 4.79 Å². The number of benzene rings is 1. The highest BCUT2D eigenvalue weighted by molar-refractivity contribution is 6.03. The zero-order valence-electron chi connectivity index (χ0n) is 16.2. The van der Waals surface area contributed by atoms with Crippen molar-refractivity contribution < 1.29 is 4.79 Å². The largest absolute Gasteiger partial charge is 0.339 e. The lowest BCUT2D eigenvalue weighted by Gasteiger charge is -2.36. The third-order valence-electron chi connectivity index (χ3n) is 5.72. The maximum Gasteiger partial charge on any atom is 0.227 e. The second-order valence-electron chi connectivity index (χ2n) is 7.87. The second-order valence-corrected chi connectivity index (χ2v) is 7.87. The monoisotopic (exact) mass is 364 g/mol. The molecule has 0 radical (unpaired) electrons. The van der Waals surface area contributed by atoms with Gasteiger partial charge < -0.3 is 10.2 Å². The Morgan fingerprint density at radius 1 is 1.15 bits per heavy atom. The average molecular weight is 364 g/mol. The van der Waals surface area contributed by atoms with Crippen molar-refractivity contribution in [2.24, 2.45) is 5.92 Å². The van der Waals surface area contributed by atoms with E-state index in [9.17, 15) is 4.79 Å². The van der Waals surface area contributed by atoms with Crippen LogP contribution in [-0.2, 0) is 6.42 Å². The Balaban J connectivity index is 1.78. The predicted molar refractivity (Wildman–Crippen MR) is 109 cm³/mol. The molecule has 1 aromatic heterocycles. The van der Waals surface area contributed by atoms with Crippen LogP contribution in [0.1, 0.15) is 62.0 Å². The normalized spacial score (nSPS) is 22.4. The van der Waals surface area contributed by atoms with Gasteiger partial charge in [0.25, 0.3) is 0 Å². The molecule has 5 heteroatoms. The van der Waals surface area contributed by atoms with Gasteiger partial charge in [0.15, 0.2) is 5.78 Å². The summed E-state index contributed by atoms with van der Waals surface area (Å²) < 4.78 is 0. The van der Waals surface area contributed by atoms with E-state index < -0.39 is 0 Å². The molecule has 0 spiro atoms. The third kappa shape index (κ3) is 3.68. The Morgan fingerprint density at radius 3 is 2.74 bits per heavy atom. The number of hydrogen-bond donors (Lipinski definition) is 1.